The molecule has 0 aromatic heterocycles. The molecule has 0 aliphatic carbocycles. The van der Waals surface area contributed by atoms with E-state index in [1.165, 1.54) is 18.2 Å². The first-order chi connectivity index (χ1) is 10.9. The summed E-state index contributed by atoms with van der Waals surface area (Å²) in [5, 5.41) is 2.81. The standard InChI is InChI=1S/C16H21F3N2O2/c1-2-21-9-4-3-8-14(21)15(22)20-11-12-6-5-7-13(10-12)23-16(17,18)19/h5-7,10,14H,2-4,8-9,11H2,1H3,(H,20,22)/t14-/m1/s1. The minimum Gasteiger partial charge on any atom is -0.406 e. The van der Waals surface area contributed by atoms with E-state index in [9.17, 15) is 18.0 Å². The Balaban J connectivity index is 1.92. The van der Waals surface area contributed by atoms with Crippen molar-refractivity contribution < 1.29 is 22.7 Å². The number of carbonyl (C=O) groups is 1. The van der Waals surface area contributed by atoms with Crippen LogP contribution in [0.15, 0.2) is 24.3 Å². The van der Waals surface area contributed by atoms with Gasteiger partial charge >= 0.3 is 6.36 Å². The lowest BCUT2D eigenvalue weighted by atomic mass is 10.0. The van der Waals surface area contributed by atoms with E-state index in [2.05, 4.69) is 15.0 Å². The van der Waals surface area contributed by atoms with Crippen molar-refractivity contribution >= 4 is 5.91 Å². The Labute approximate surface area is 133 Å². The lowest BCUT2D eigenvalue weighted by Crippen LogP contribution is -2.49. The van der Waals surface area contributed by atoms with Gasteiger partial charge in [0, 0.05) is 6.54 Å². The van der Waals surface area contributed by atoms with Crippen LogP contribution in [0.1, 0.15) is 31.7 Å². The average molecular weight is 330 g/mol. The number of carbonyl (C=O) groups excluding carboxylic acids is 1. The molecule has 0 spiro atoms. The van der Waals surface area contributed by atoms with Crippen molar-refractivity contribution in [3.05, 3.63) is 29.8 Å². The number of hydrogen-bond acceptors (Lipinski definition) is 3. The van der Waals surface area contributed by atoms with Gasteiger partial charge in [-0.1, -0.05) is 25.5 Å². The minimum atomic E-state index is -4.72. The summed E-state index contributed by atoms with van der Waals surface area (Å²) in [4.78, 5) is 14.4. The van der Waals surface area contributed by atoms with E-state index in [4.69, 9.17) is 0 Å². The van der Waals surface area contributed by atoms with Crippen LogP contribution in [0, 0.1) is 0 Å². The van der Waals surface area contributed by atoms with E-state index < -0.39 is 6.36 Å². The second kappa shape index (κ2) is 7.68. The number of nitrogens with one attached hydrogen (secondary N) is 1. The number of piperidine rings is 1. The second-order valence-electron chi connectivity index (χ2n) is 5.55. The Hall–Kier alpha value is -1.76. The van der Waals surface area contributed by atoms with Crippen LogP contribution in [0.2, 0.25) is 0 Å². The first kappa shape index (κ1) is 17.6. The molecular formula is C16H21F3N2O2. The number of alkyl halides is 3. The van der Waals surface area contributed by atoms with Crippen molar-refractivity contribution in [2.45, 2.75) is 45.1 Å². The third kappa shape index (κ3) is 5.42. The maximum absolute atomic E-state index is 12.3. The summed E-state index contributed by atoms with van der Waals surface area (Å²) >= 11 is 0. The van der Waals surface area contributed by atoms with Gasteiger partial charge in [-0.2, -0.15) is 0 Å². The van der Waals surface area contributed by atoms with E-state index in [1.807, 2.05) is 6.92 Å². The topological polar surface area (TPSA) is 41.6 Å². The first-order valence-corrected chi connectivity index (χ1v) is 7.75. The molecule has 1 aliphatic heterocycles. The second-order valence-corrected chi connectivity index (χ2v) is 5.55. The molecule has 1 N–H and O–H groups in total. The molecule has 128 valence electrons. The van der Waals surface area contributed by atoms with E-state index in [0.717, 1.165) is 32.4 Å². The maximum atomic E-state index is 12.3. The quantitative estimate of drug-likeness (QED) is 0.902. The smallest absolute Gasteiger partial charge is 0.406 e. The monoisotopic (exact) mass is 330 g/mol. The molecule has 1 fully saturated rings. The predicted molar refractivity (Wildman–Crippen MR) is 79.9 cm³/mol. The Kier molecular flexibility index (Phi) is 5.87. The molecular weight excluding hydrogens is 309 g/mol. The van der Waals surface area contributed by atoms with Gasteiger partial charge in [0.15, 0.2) is 0 Å². The minimum absolute atomic E-state index is 0.0753. The average Bonchev–Trinajstić information content (AvgIpc) is 2.51. The number of likely N-dealkylation sites (N-methyl/N-ethyl adjacent to an activating group) is 1. The lowest BCUT2D eigenvalue weighted by molar-refractivity contribution is -0.274. The highest BCUT2D eigenvalue weighted by Gasteiger charge is 2.31. The maximum Gasteiger partial charge on any atom is 0.573 e. The van der Waals surface area contributed by atoms with Crippen LogP contribution in [-0.4, -0.2) is 36.3 Å². The zero-order valence-electron chi connectivity index (χ0n) is 13.0. The third-order valence-electron chi connectivity index (χ3n) is 3.92. The van der Waals surface area contributed by atoms with Crippen molar-refractivity contribution in [2.24, 2.45) is 0 Å². The van der Waals surface area contributed by atoms with Crippen molar-refractivity contribution in [1.82, 2.24) is 10.2 Å². The summed E-state index contributed by atoms with van der Waals surface area (Å²) < 4.78 is 40.5. The van der Waals surface area contributed by atoms with Gasteiger partial charge in [0.05, 0.1) is 6.04 Å². The van der Waals surface area contributed by atoms with Crippen molar-refractivity contribution in [1.29, 1.82) is 0 Å². The van der Waals surface area contributed by atoms with Gasteiger partial charge in [-0.25, -0.2) is 0 Å². The summed E-state index contributed by atoms with van der Waals surface area (Å²) in [5.41, 5.74) is 0.568. The molecule has 1 heterocycles. The molecule has 1 atom stereocenters. The van der Waals surface area contributed by atoms with Crippen LogP contribution in [0.3, 0.4) is 0 Å². The Morgan fingerprint density at radius 2 is 2.17 bits per heavy atom. The van der Waals surface area contributed by atoms with Gasteiger partial charge in [0.25, 0.3) is 0 Å². The highest BCUT2D eigenvalue weighted by atomic mass is 19.4. The molecule has 7 heteroatoms. The number of halogens is 3. The molecule has 23 heavy (non-hydrogen) atoms. The predicted octanol–water partition coefficient (Wildman–Crippen LogP) is 3.08. The molecule has 0 unspecified atom stereocenters. The van der Waals surface area contributed by atoms with E-state index in [0.29, 0.717) is 5.56 Å². The number of amides is 1. The molecule has 1 aliphatic rings. The van der Waals surface area contributed by atoms with Crippen LogP contribution in [-0.2, 0) is 11.3 Å². The first-order valence-electron chi connectivity index (χ1n) is 7.75. The lowest BCUT2D eigenvalue weighted by Gasteiger charge is -2.33. The molecule has 1 aromatic carbocycles. The van der Waals surface area contributed by atoms with Crippen molar-refractivity contribution in [3.8, 4) is 5.75 Å². The van der Waals surface area contributed by atoms with Gasteiger partial charge in [-0.3, -0.25) is 9.69 Å². The summed E-state index contributed by atoms with van der Waals surface area (Å²) in [6.45, 7) is 3.92. The zero-order chi connectivity index (χ0) is 16.9. The molecule has 0 bridgehead atoms. The molecule has 2 rings (SSSR count). The molecule has 1 aromatic rings. The fourth-order valence-corrected chi connectivity index (χ4v) is 2.83. The van der Waals surface area contributed by atoms with Crippen molar-refractivity contribution in [3.63, 3.8) is 0 Å². The number of likely N-dealkylation sites (tertiary alicyclic amines) is 1. The number of nitrogens with zero attached hydrogens (tertiary/aromatic N) is 1. The highest BCUT2D eigenvalue weighted by molar-refractivity contribution is 5.81. The van der Waals surface area contributed by atoms with Gasteiger partial charge < -0.3 is 10.1 Å². The SMILES string of the molecule is CCN1CCCC[C@@H]1C(=O)NCc1cccc(OC(F)(F)F)c1. The van der Waals surface area contributed by atoms with Gasteiger partial charge in [-0.15, -0.1) is 13.2 Å². The van der Waals surface area contributed by atoms with E-state index in [1.54, 1.807) is 6.07 Å². The van der Waals surface area contributed by atoms with Gasteiger partial charge in [0.1, 0.15) is 5.75 Å². The summed E-state index contributed by atoms with van der Waals surface area (Å²) in [6, 6.07) is 5.50. The zero-order valence-corrected chi connectivity index (χ0v) is 13.0. The molecule has 4 nitrogen and oxygen atoms in total. The van der Waals surface area contributed by atoms with Crippen LogP contribution in [0.5, 0.6) is 5.75 Å². The van der Waals surface area contributed by atoms with Gasteiger partial charge in [-0.05, 0) is 43.6 Å². The van der Waals surface area contributed by atoms with Gasteiger partial charge in [0.2, 0.25) is 5.91 Å². The van der Waals surface area contributed by atoms with Crippen LogP contribution >= 0.6 is 0 Å². The Morgan fingerprint density at radius 1 is 1.39 bits per heavy atom. The molecule has 0 saturated carbocycles. The number of rotatable bonds is 5. The fourth-order valence-electron chi connectivity index (χ4n) is 2.83. The highest BCUT2D eigenvalue weighted by Crippen LogP contribution is 2.23. The van der Waals surface area contributed by atoms with E-state index >= 15 is 0 Å². The number of hydrogen-bond donors (Lipinski definition) is 1. The molecule has 1 saturated heterocycles. The summed E-state index contributed by atoms with van der Waals surface area (Å²) in [6.07, 6.45) is -1.79. The number of benzene rings is 1. The summed E-state index contributed by atoms with van der Waals surface area (Å²) in [5.74, 6) is -0.356. The van der Waals surface area contributed by atoms with Crippen molar-refractivity contribution in [2.75, 3.05) is 13.1 Å². The number of ether oxygens (including phenoxy) is 1. The fraction of sp³-hybridized carbons (Fsp3) is 0.562. The summed E-state index contributed by atoms with van der Waals surface area (Å²) in [7, 11) is 0. The molecule has 1 amide bonds. The third-order valence-corrected chi connectivity index (χ3v) is 3.92. The van der Waals surface area contributed by atoms with Crippen LogP contribution in [0.4, 0.5) is 13.2 Å². The van der Waals surface area contributed by atoms with Crippen LogP contribution < -0.4 is 10.1 Å². The van der Waals surface area contributed by atoms with Crippen LogP contribution in [0.25, 0.3) is 0 Å². The van der Waals surface area contributed by atoms with E-state index in [-0.39, 0.29) is 24.2 Å². The Bertz CT molecular complexity index is 534. The molecule has 0 radical (unpaired) electrons. The normalized spacial score (nSPS) is 19.4. The Morgan fingerprint density at radius 3 is 2.87 bits per heavy atom. The largest absolute Gasteiger partial charge is 0.573 e.